The standard InChI is InChI=1S/C11H14F9I/c1-8(12,13)5-3-2-4-7(21)6-9(14,10(15,16)17)11(18,19)20/h7H,2-6H2,1H3. The van der Waals surface area contributed by atoms with Crippen molar-refractivity contribution >= 4 is 22.6 Å². The molecule has 0 aromatic heterocycles. The normalized spacial score (nSPS) is 16.1. The van der Waals surface area contributed by atoms with E-state index in [-0.39, 0.29) is 19.3 Å². The maximum atomic E-state index is 13.4. The van der Waals surface area contributed by atoms with Gasteiger partial charge in [0.15, 0.2) is 0 Å². The van der Waals surface area contributed by atoms with Gasteiger partial charge in [-0.3, -0.25) is 0 Å². The quantitative estimate of drug-likeness (QED) is 0.189. The third kappa shape index (κ3) is 6.81. The van der Waals surface area contributed by atoms with E-state index in [9.17, 15) is 39.5 Å². The summed E-state index contributed by atoms with van der Waals surface area (Å²) in [5, 5.41) is 0. The number of alkyl halides is 10. The van der Waals surface area contributed by atoms with Gasteiger partial charge in [0.2, 0.25) is 5.92 Å². The van der Waals surface area contributed by atoms with Crippen molar-refractivity contribution in [1.82, 2.24) is 0 Å². The Morgan fingerprint density at radius 1 is 0.810 bits per heavy atom. The molecule has 0 amide bonds. The van der Waals surface area contributed by atoms with Crippen LogP contribution in [0.2, 0.25) is 0 Å². The summed E-state index contributed by atoms with van der Waals surface area (Å²) < 4.78 is 111. The average molecular weight is 444 g/mol. The first-order chi connectivity index (χ1) is 9.10. The van der Waals surface area contributed by atoms with Gasteiger partial charge in [-0.15, -0.1) is 0 Å². The molecule has 0 bridgehead atoms. The molecule has 21 heavy (non-hydrogen) atoms. The molecular formula is C11H14F9I. The van der Waals surface area contributed by atoms with E-state index in [0.29, 0.717) is 6.92 Å². The van der Waals surface area contributed by atoms with Gasteiger partial charge in [0.1, 0.15) is 0 Å². The Hall–Kier alpha value is 0.100. The number of halogens is 10. The molecule has 10 heteroatoms. The van der Waals surface area contributed by atoms with Crippen LogP contribution in [0.5, 0.6) is 0 Å². The van der Waals surface area contributed by atoms with Gasteiger partial charge in [-0.1, -0.05) is 29.0 Å². The molecule has 0 N–H and O–H groups in total. The van der Waals surface area contributed by atoms with Gasteiger partial charge in [-0.05, 0) is 19.8 Å². The van der Waals surface area contributed by atoms with Crippen LogP contribution < -0.4 is 0 Å². The van der Waals surface area contributed by atoms with Crippen molar-refractivity contribution in [3.8, 4) is 0 Å². The van der Waals surface area contributed by atoms with E-state index in [0.717, 1.165) is 0 Å². The Balaban J connectivity index is 4.55. The zero-order chi connectivity index (χ0) is 17.1. The van der Waals surface area contributed by atoms with Crippen molar-refractivity contribution in [1.29, 1.82) is 0 Å². The van der Waals surface area contributed by atoms with E-state index in [4.69, 9.17) is 0 Å². The summed E-state index contributed by atoms with van der Waals surface area (Å²) in [6.07, 6.45) is -14.7. The maximum absolute atomic E-state index is 13.4. The van der Waals surface area contributed by atoms with Crippen molar-refractivity contribution in [2.45, 2.75) is 66.9 Å². The van der Waals surface area contributed by atoms with Crippen molar-refractivity contribution in [2.24, 2.45) is 0 Å². The lowest BCUT2D eigenvalue weighted by Crippen LogP contribution is -2.54. The van der Waals surface area contributed by atoms with Crippen LogP contribution in [-0.4, -0.2) is 27.9 Å². The average Bonchev–Trinajstić information content (AvgIpc) is 2.19. The summed E-state index contributed by atoms with van der Waals surface area (Å²) in [5.41, 5.74) is -5.28. The summed E-state index contributed by atoms with van der Waals surface area (Å²) in [5.74, 6) is -2.94. The van der Waals surface area contributed by atoms with E-state index in [1.54, 1.807) is 0 Å². The van der Waals surface area contributed by atoms with E-state index >= 15 is 0 Å². The molecule has 0 aliphatic rings. The van der Waals surface area contributed by atoms with Crippen LogP contribution in [-0.2, 0) is 0 Å². The van der Waals surface area contributed by atoms with Crippen molar-refractivity contribution in [3.05, 3.63) is 0 Å². The first kappa shape index (κ1) is 21.1. The molecule has 0 rings (SSSR count). The molecule has 0 fully saturated rings. The monoisotopic (exact) mass is 444 g/mol. The number of hydrogen-bond donors (Lipinski definition) is 0. The van der Waals surface area contributed by atoms with Crippen molar-refractivity contribution in [2.75, 3.05) is 0 Å². The molecule has 1 atom stereocenters. The lowest BCUT2D eigenvalue weighted by molar-refractivity contribution is -0.342. The van der Waals surface area contributed by atoms with Crippen molar-refractivity contribution < 1.29 is 39.5 Å². The van der Waals surface area contributed by atoms with Gasteiger partial charge < -0.3 is 0 Å². The van der Waals surface area contributed by atoms with Crippen molar-refractivity contribution in [3.63, 3.8) is 0 Å². The minimum absolute atomic E-state index is 0.00281. The zero-order valence-corrected chi connectivity index (χ0v) is 13.1. The van der Waals surface area contributed by atoms with Crippen LogP contribution in [0.15, 0.2) is 0 Å². The molecule has 0 aromatic rings. The van der Waals surface area contributed by atoms with Crippen LogP contribution >= 0.6 is 22.6 Å². The summed E-state index contributed by atoms with van der Waals surface area (Å²) in [6, 6.07) is 0. The molecule has 0 aromatic carbocycles. The van der Waals surface area contributed by atoms with E-state index in [2.05, 4.69) is 0 Å². The molecule has 0 saturated carbocycles. The highest BCUT2D eigenvalue weighted by Crippen LogP contribution is 2.50. The minimum atomic E-state index is -6.06. The highest BCUT2D eigenvalue weighted by atomic mass is 127. The predicted octanol–water partition coefficient (Wildman–Crippen LogP) is 6.23. The Bertz CT molecular complexity index is 301. The summed E-state index contributed by atoms with van der Waals surface area (Å²) >= 11 is 1.28. The predicted molar refractivity (Wildman–Crippen MR) is 67.5 cm³/mol. The maximum Gasteiger partial charge on any atom is 0.431 e. The summed E-state index contributed by atoms with van der Waals surface area (Å²) in [7, 11) is 0. The Labute approximate surface area is 129 Å². The molecule has 0 heterocycles. The van der Waals surface area contributed by atoms with Crippen LogP contribution in [0.4, 0.5) is 39.5 Å². The molecule has 1 unspecified atom stereocenters. The van der Waals surface area contributed by atoms with E-state index in [1.165, 1.54) is 22.6 Å². The Morgan fingerprint density at radius 2 is 1.24 bits per heavy atom. The third-order valence-electron chi connectivity index (χ3n) is 2.78. The van der Waals surface area contributed by atoms with Gasteiger partial charge in [0.05, 0.1) is 0 Å². The molecule has 0 saturated heterocycles. The highest BCUT2D eigenvalue weighted by Gasteiger charge is 2.72. The largest absolute Gasteiger partial charge is 0.431 e. The summed E-state index contributed by atoms with van der Waals surface area (Å²) in [6.45, 7) is 0.661. The topological polar surface area (TPSA) is 0 Å². The fourth-order valence-corrected chi connectivity index (χ4v) is 2.65. The molecule has 0 spiro atoms. The molecule has 0 nitrogen and oxygen atoms in total. The molecule has 0 aliphatic carbocycles. The van der Waals surface area contributed by atoms with Crippen LogP contribution in [0.1, 0.15) is 39.0 Å². The van der Waals surface area contributed by atoms with Gasteiger partial charge in [0.25, 0.3) is 5.67 Å². The van der Waals surface area contributed by atoms with Gasteiger partial charge >= 0.3 is 12.4 Å². The van der Waals surface area contributed by atoms with Gasteiger partial charge in [-0.25, -0.2) is 13.2 Å². The second kappa shape index (κ2) is 7.12. The molecule has 0 aliphatic heterocycles. The minimum Gasteiger partial charge on any atom is -0.224 e. The Kier molecular flexibility index (Phi) is 7.15. The number of unbranched alkanes of at least 4 members (excludes halogenated alkanes) is 1. The number of rotatable bonds is 7. The SMILES string of the molecule is CC(F)(F)CCCCC(I)CC(F)(C(F)(F)F)C(F)(F)F. The van der Waals surface area contributed by atoms with Crippen LogP contribution in [0.3, 0.4) is 0 Å². The number of hydrogen-bond acceptors (Lipinski definition) is 0. The third-order valence-corrected chi connectivity index (χ3v) is 3.85. The first-order valence-corrected chi connectivity index (χ1v) is 7.19. The van der Waals surface area contributed by atoms with Crippen LogP contribution in [0, 0.1) is 0 Å². The molecule has 128 valence electrons. The zero-order valence-electron chi connectivity index (χ0n) is 10.9. The molecule has 0 radical (unpaired) electrons. The fourth-order valence-electron chi connectivity index (χ4n) is 1.60. The van der Waals surface area contributed by atoms with Gasteiger partial charge in [0, 0.05) is 16.8 Å². The van der Waals surface area contributed by atoms with E-state index < -0.39 is 40.7 Å². The lowest BCUT2D eigenvalue weighted by atomic mass is 9.95. The Morgan fingerprint density at radius 3 is 1.57 bits per heavy atom. The summed E-state index contributed by atoms with van der Waals surface area (Å²) in [4.78, 5) is 0. The first-order valence-electron chi connectivity index (χ1n) is 5.94. The second-order valence-electron chi connectivity index (χ2n) is 4.91. The van der Waals surface area contributed by atoms with Gasteiger partial charge in [-0.2, -0.15) is 26.3 Å². The highest BCUT2D eigenvalue weighted by molar-refractivity contribution is 14.1. The lowest BCUT2D eigenvalue weighted by Gasteiger charge is -2.31. The smallest absolute Gasteiger partial charge is 0.224 e. The van der Waals surface area contributed by atoms with E-state index in [1.807, 2.05) is 0 Å². The fraction of sp³-hybridized carbons (Fsp3) is 1.00. The molecular weight excluding hydrogens is 430 g/mol. The van der Waals surface area contributed by atoms with Crippen LogP contribution in [0.25, 0.3) is 0 Å². The second-order valence-corrected chi connectivity index (χ2v) is 6.68.